The second kappa shape index (κ2) is 7.86. The van der Waals surface area contributed by atoms with Crippen LogP contribution in [-0.4, -0.2) is 23.5 Å². The standard InChI is InChI=1S/C11H17NO3/c1-3-4-10(13)12-8-7-9(2)5-6-11(14)15/h9H,5-8H2,1-2H3,(H,12,13)(H,14,15). The largest absolute Gasteiger partial charge is 0.481 e. The van der Waals surface area contributed by atoms with E-state index in [1.807, 2.05) is 6.92 Å². The molecule has 0 aromatic carbocycles. The molecule has 2 N–H and O–H groups in total. The van der Waals surface area contributed by atoms with Gasteiger partial charge < -0.3 is 10.4 Å². The Labute approximate surface area is 90.1 Å². The predicted octanol–water partition coefficient (Wildman–Crippen LogP) is 1.02. The number of carbonyl (C=O) groups excluding carboxylic acids is 1. The van der Waals surface area contributed by atoms with E-state index in [0.29, 0.717) is 18.9 Å². The van der Waals surface area contributed by atoms with E-state index in [1.165, 1.54) is 0 Å². The van der Waals surface area contributed by atoms with E-state index in [1.54, 1.807) is 6.92 Å². The molecule has 4 heteroatoms. The smallest absolute Gasteiger partial charge is 0.303 e. The zero-order valence-corrected chi connectivity index (χ0v) is 9.17. The monoisotopic (exact) mass is 211 g/mol. The summed E-state index contributed by atoms with van der Waals surface area (Å²) < 4.78 is 0. The van der Waals surface area contributed by atoms with Gasteiger partial charge in [0, 0.05) is 13.0 Å². The van der Waals surface area contributed by atoms with Crippen molar-refractivity contribution < 1.29 is 14.7 Å². The second-order valence-electron chi connectivity index (χ2n) is 3.46. The van der Waals surface area contributed by atoms with Crippen LogP contribution in [0.4, 0.5) is 0 Å². The molecule has 0 heterocycles. The third-order valence-corrected chi connectivity index (χ3v) is 2.01. The fourth-order valence-corrected chi connectivity index (χ4v) is 1.10. The van der Waals surface area contributed by atoms with Crippen LogP contribution >= 0.6 is 0 Å². The second-order valence-corrected chi connectivity index (χ2v) is 3.46. The minimum Gasteiger partial charge on any atom is -0.481 e. The SMILES string of the molecule is CC#CC(=O)NCCC(C)CCC(=O)O. The number of carboxylic acid groups (broad SMARTS) is 1. The fourth-order valence-electron chi connectivity index (χ4n) is 1.10. The number of hydrogen-bond acceptors (Lipinski definition) is 2. The molecular formula is C11H17NO3. The quantitative estimate of drug-likeness (QED) is 0.644. The maximum absolute atomic E-state index is 10.9. The maximum atomic E-state index is 10.9. The highest BCUT2D eigenvalue weighted by atomic mass is 16.4. The van der Waals surface area contributed by atoms with Gasteiger partial charge in [0.25, 0.3) is 5.91 Å². The lowest BCUT2D eigenvalue weighted by molar-refractivity contribution is -0.137. The first-order valence-electron chi connectivity index (χ1n) is 4.98. The van der Waals surface area contributed by atoms with E-state index in [0.717, 1.165) is 6.42 Å². The van der Waals surface area contributed by atoms with Crippen molar-refractivity contribution in [2.75, 3.05) is 6.54 Å². The number of carboxylic acids is 1. The predicted molar refractivity (Wildman–Crippen MR) is 57.1 cm³/mol. The first-order valence-corrected chi connectivity index (χ1v) is 4.98. The average molecular weight is 211 g/mol. The molecule has 1 atom stereocenters. The van der Waals surface area contributed by atoms with Crippen LogP contribution in [-0.2, 0) is 9.59 Å². The van der Waals surface area contributed by atoms with Crippen molar-refractivity contribution in [3.05, 3.63) is 0 Å². The molecule has 0 aromatic rings. The highest BCUT2D eigenvalue weighted by molar-refractivity contribution is 5.93. The van der Waals surface area contributed by atoms with Crippen molar-refractivity contribution in [2.24, 2.45) is 5.92 Å². The van der Waals surface area contributed by atoms with E-state index >= 15 is 0 Å². The maximum Gasteiger partial charge on any atom is 0.303 e. The summed E-state index contributed by atoms with van der Waals surface area (Å²) >= 11 is 0. The van der Waals surface area contributed by atoms with Gasteiger partial charge in [-0.05, 0) is 31.6 Å². The van der Waals surface area contributed by atoms with Gasteiger partial charge in [0.2, 0.25) is 0 Å². The lowest BCUT2D eigenvalue weighted by Gasteiger charge is -2.09. The molecule has 0 saturated heterocycles. The molecule has 4 nitrogen and oxygen atoms in total. The molecule has 0 aromatic heterocycles. The van der Waals surface area contributed by atoms with Crippen LogP contribution in [0.3, 0.4) is 0 Å². The zero-order chi connectivity index (χ0) is 11.7. The molecule has 15 heavy (non-hydrogen) atoms. The van der Waals surface area contributed by atoms with Crippen molar-refractivity contribution in [1.29, 1.82) is 0 Å². The van der Waals surface area contributed by atoms with E-state index in [9.17, 15) is 9.59 Å². The van der Waals surface area contributed by atoms with Gasteiger partial charge in [0.05, 0.1) is 0 Å². The first-order chi connectivity index (χ1) is 7.06. The normalized spacial score (nSPS) is 11.1. The lowest BCUT2D eigenvalue weighted by Crippen LogP contribution is -2.24. The summed E-state index contributed by atoms with van der Waals surface area (Å²) in [4.78, 5) is 21.2. The minimum absolute atomic E-state index is 0.184. The number of amides is 1. The Balaban J connectivity index is 3.53. The summed E-state index contributed by atoms with van der Waals surface area (Å²) in [6, 6.07) is 0. The Hall–Kier alpha value is -1.50. The van der Waals surface area contributed by atoms with Crippen LogP contribution in [0.5, 0.6) is 0 Å². The highest BCUT2D eigenvalue weighted by Gasteiger charge is 2.05. The van der Waals surface area contributed by atoms with Gasteiger partial charge in [0.15, 0.2) is 0 Å². The Morgan fingerprint density at radius 1 is 1.40 bits per heavy atom. The summed E-state index contributed by atoms with van der Waals surface area (Å²) in [5.74, 6) is 4.13. The van der Waals surface area contributed by atoms with Gasteiger partial charge in [-0.25, -0.2) is 0 Å². The number of hydrogen-bond donors (Lipinski definition) is 2. The summed E-state index contributed by atoms with van der Waals surface area (Å²) in [5.41, 5.74) is 0. The molecular weight excluding hydrogens is 194 g/mol. The van der Waals surface area contributed by atoms with Crippen LogP contribution in [0.2, 0.25) is 0 Å². The molecule has 0 spiro atoms. The zero-order valence-electron chi connectivity index (χ0n) is 9.17. The van der Waals surface area contributed by atoms with Crippen LogP contribution in [0, 0.1) is 17.8 Å². The van der Waals surface area contributed by atoms with Crippen LogP contribution in [0.25, 0.3) is 0 Å². The Morgan fingerprint density at radius 2 is 2.07 bits per heavy atom. The van der Waals surface area contributed by atoms with Gasteiger partial charge in [-0.2, -0.15) is 0 Å². The van der Waals surface area contributed by atoms with Gasteiger partial charge in [-0.15, -0.1) is 0 Å². The third kappa shape index (κ3) is 8.82. The molecule has 1 unspecified atom stereocenters. The molecule has 1 amide bonds. The molecule has 0 aliphatic heterocycles. The molecule has 0 fully saturated rings. The van der Waals surface area contributed by atoms with E-state index in [2.05, 4.69) is 17.2 Å². The van der Waals surface area contributed by atoms with Crippen LogP contribution in [0.15, 0.2) is 0 Å². The lowest BCUT2D eigenvalue weighted by atomic mass is 10.0. The van der Waals surface area contributed by atoms with Gasteiger partial charge >= 0.3 is 5.97 Å². The van der Waals surface area contributed by atoms with E-state index in [4.69, 9.17) is 5.11 Å². The van der Waals surface area contributed by atoms with Crippen molar-refractivity contribution in [3.8, 4) is 11.8 Å². The van der Waals surface area contributed by atoms with Crippen molar-refractivity contribution in [1.82, 2.24) is 5.32 Å². The van der Waals surface area contributed by atoms with E-state index in [-0.39, 0.29) is 12.3 Å². The first kappa shape index (κ1) is 13.5. The summed E-state index contributed by atoms with van der Waals surface area (Å²) in [7, 11) is 0. The van der Waals surface area contributed by atoms with Crippen molar-refractivity contribution in [2.45, 2.75) is 33.1 Å². The number of rotatable bonds is 6. The van der Waals surface area contributed by atoms with Crippen molar-refractivity contribution >= 4 is 11.9 Å². The molecule has 0 rings (SSSR count). The van der Waals surface area contributed by atoms with Crippen LogP contribution < -0.4 is 5.32 Å². The number of aliphatic carboxylic acids is 1. The molecule has 84 valence electrons. The van der Waals surface area contributed by atoms with Crippen LogP contribution in [0.1, 0.15) is 33.1 Å². The van der Waals surface area contributed by atoms with Crippen molar-refractivity contribution in [3.63, 3.8) is 0 Å². The minimum atomic E-state index is -0.775. The highest BCUT2D eigenvalue weighted by Crippen LogP contribution is 2.08. The number of nitrogens with one attached hydrogen (secondary N) is 1. The van der Waals surface area contributed by atoms with Gasteiger partial charge in [0.1, 0.15) is 0 Å². The summed E-state index contributed by atoms with van der Waals surface area (Å²) in [6.07, 6.45) is 1.61. The number of carbonyl (C=O) groups is 2. The van der Waals surface area contributed by atoms with Gasteiger partial charge in [-0.1, -0.05) is 12.8 Å². The Morgan fingerprint density at radius 3 is 2.60 bits per heavy atom. The molecule has 0 saturated carbocycles. The molecule has 0 aliphatic carbocycles. The molecule has 0 bridgehead atoms. The molecule has 0 aliphatic rings. The third-order valence-electron chi connectivity index (χ3n) is 2.01. The topological polar surface area (TPSA) is 66.4 Å². The van der Waals surface area contributed by atoms with E-state index < -0.39 is 5.97 Å². The Bertz CT molecular complexity index is 275. The fraction of sp³-hybridized carbons (Fsp3) is 0.636. The molecule has 0 radical (unpaired) electrons. The summed E-state index contributed by atoms with van der Waals surface area (Å²) in [6.45, 7) is 4.13. The summed E-state index contributed by atoms with van der Waals surface area (Å²) in [5, 5.41) is 11.1. The Kier molecular flexibility index (Phi) is 7.08. The average Bonchev–Trinajstić information content (AvgIpc) is 2.15. The van der Waals surface area contributed by atoms with Gasteiger partial charge in [-0.3, -0.25) is 9.59 Å².